The molecule has 0 radical (unpaired) electrons. The third kappa shape index (κ3) is 3.08. The highest BCUT2D eigenvalue weighted by Gasteiger charge is 2.22. The monoisotopic (exact) mass is 226 g/mol. The van der Waals surface area contributed by atoms with Crippen LogP contribution in [0.1, 0.15) is 16.9 Å². The van der Waals surface area contributed by atoms with Crippen molar-refractivity contribution in [2.24, 2.45) is 5.73 Å². The molecule has 0 saturated heterocycles. The smallest absolute Gasteiger partial charge is 0.326 e. The average Bonchev–Trinajstić information content (AvgIpc) is 2.68. The Kier molecular flexibility index (Phi) is 3.59. The number of hydrogen-bond acceptors (Lipinski definition) is 4. The van der Waals surface area contributed by atoms with E-state index in [0.717, 1.165) is 0 Å². The number of carboxylic acids is 1. The largest absolute Gasteiger partial charge is 0.480 e. The molecule has 1 heterocycles. The molecule has 1 rings (SSSR count). The molecule has 8 heteroatoms. The lowest BCUT2D eigenvalue weighted by Gasteiger charge is -2.11. The van der Waals surface area contributed by atoms with E-state index in [4.69, 9.17) is 10.8 Å². The third-order valence-electron chi connectivity index (χ3n) is 1.75. The maximum absolute atomic E-state index is 11.4. The fourth-order valence-corrected chi connectivity index (χ4v) is 1.02. The van der Waals surface area contributed by atoms with Gasteiger partial charge in [0.15, 0.2) is 0 Å². The predicted molar refractivity (Wildman–Crippen MR) is 51.3 cm³/mol. The summed E-state index contributed by atoms with van der Waals surface area (Å²) in [6.07, 6.45) is 2.05. The van der Waals surface area contributed by atoms with Crippen molar-refractivity contribution < 1.29 is 19.5 Å². The number of hydrogen-bond donors (Lipinski definition) is 4. The highest BCUT2D eigenvalue weighted by molar-refractivity contribution is 5.95. The number of nitrogens with one attached hydrogen (secondary N) is 2. The SMILES string of the molecule is NC(=O)C[C@H](NC(=O)c1cnc[nH]1)C(=O)O. The zero-order valence-corrected chi connectivity index (χ0v) is 8.14. The first-order valence-electron chi connectivity index (χ1n) is 4.31. The summed E-state index contributed by atoms with van der Waals surface area (Å²) >= 11 is 0. The van der Waals surface area contributed by atoms with Crippen molar-refractivity contribution in [1.29, 1.82) is 0 Å². The molecule has 0 aliphatic carbocycles. The molecule has 0 aliphatic rings. The molecule has 0 fully saturated rings. The Morgan fingerprint density at radius 1 is 1.56 bits per heavy atom. The number of rotatable bonds is 5. The summed E-state index contributed by atoms with van der Waals surface area (Å²) in [6, 6.07) is -1.34. The average molecular weight is 226 g/mol. The number of carbonyl (C=O) groups is 3. The summed E-state index contributed by atoms with van der Waals surface area (Å²) in [5, 5.41) is 10.9. The van der Waals surface area contributed by atoms with Crippen molar-refractivity contribution in [3.05, 3.63) is 18.2 Å². The topological polar surface area (TPSA) is 138 Å². The van der Waals surface area contributed by atoms with Gasteiger partial charge < -0.3 is 21.1 Å². The van der Waals surface area contributed by atoms with Gasteiger partial charge in [-0.3, -0.25) is 9.59 Å². The normalized spacial score (nSPS) is 11.8. The Bertz CT molecular complexity index is 400. The van der Waals surface area contributed by atoms with Crippen LogP contribution in [0.25, 0.3) is 0 Å². The van der Waals surface area contributed by atoms with Gasteiger partial charge in [-0.1, -0.05) is 0 Å². The van der Waals surface area contributed by atoms with Gasteiger partial charge in [-0.2, -0.15) is 0 Å². The molecule has 2 amide bonds. The van der Waals surface area contributed by atoms with Crippen LogP contribution in [-0.4, -0.2) is 38.9 Å². The van der Waals surface area contributed by atoms with Gasteiger partial charge in [0.05, 0.1) is 18.9 Å². The van der Waals surface area contributed by atoms with Crippen LogP contribution in [0.15, 0.2) is 12.5 Å². The van der Waals surface area contributed by atoms with Crippen LogP contribution in [0.4, 0.5) is 0 Å². The van der Waals surface area contributed by atoms with Crippen LogP contribution in [0.2, 0.25) is 0 Å². The Hall–Kier alpha value is -2.38. The van der Waals surface area contributed by atoms with E-state index < -0.39 is 30.2 Å². The Labute approximate surface area is 89.9 Å². The summed E-state index contributed by atoms with van der Waals surface area (Å²) in [4.78, 5) is 38.8. The van der Waals surface area contributed by atoms with E-state index in [9.17, 15) is 14.4 Å². The summed E-state index contributed by atoms with van der Waals surface area (Å²) in [7, 11) is 0. The van der Waals surface area contributed by atoms with Crippen LogP contribution in [-0.2, 0) is 9.59 Å². The Balaban J connectivity index is 2.65. The number of aromatic amines is 1. The Morgan fingerprint density at radius 3 is 2.69 bits per heavy atom. The number of primary amides is 1. The standard InChI is InChI=1S/C8H10N4O4/c9-6(13)1-4(8(15)16)12-7(14)5-2-10-3-11-5/h2-4H,1H2,(H2,9,13)(H,10,11)(H,12,14)(H,15,16)/t4-/m0/s1. The van der Waals surface area contributed by atoms with E-state index in [1.807, 2.05) is 0 Å². The van der Waals surface area contributed by atoms with Crippen LogP contribution in [0.5, 0.6) is 0 Å². The highest BCUT2D eigenvalue weighted by Crippen LogP contribution is 1.96. The molecule has 0 aromatic carbocycles. The number of amides is 2. The molecular weight excluding hydrogens is 216 g/mol. The molecule has 0 unspecified atom stereocenters. The van der Waals surface area contributed by atoms with Gasteiger partial charge in [0, 0.05) is 0 Å². The maximum Gasteiger partial charge on any atom is 0.326 e. The minimum Gasteiger partial charge on any atom is -0.480 e. The summed E-state index contributed by atoms with van der Waals surface area (Å²) in [6.45, 7) is 0. The highest BCUT2D eigenvalue weighted by atomic mass is 16.4. The first-order chi connectivity index (χ1) is 7.50. The van der Waals surface area contributed by atoms with Crippen LogP contribution in [0.3, 0.4) is 0 Å². The van der Waals surface area contributed by atoms with Gasteiger partial charge >= 0.3 is 5.97 Å². The molecule has 0 bridgehead atoms. The van der Waals surface area contributed by atoms with Crippen molar-refractivity contribution in [2.75, 3.05) is 0 Å². The molecule has 1 aromatic rings. The summed E-state index contributed by atoms with van der Waals surface area (Å²) < 4.78 is 0. The van der Waals surface area contributed by atoms with E-state index in [-0.39, 0.29) is 5.69 Å². The first-order valence-corrected chi connectivity index (χ1v) is 4.31. The zero-order chi connectivity index (χ0) is 12.1. The van der Waals surface area contributed by atoms with Gasteiger partial charge in [0.1, 0.15) is 11.7 Å². The summed E-state index contributed by atoms with van der Waals surface area (Å²) in [5.74, 6) is -2.80. The molecule has 1 atom stereocenters. The van der Waals surface area contributed by atoms with E-state index in [0.29, 0.717) is 0 Å². The minimum absolute atomic E-state index is 0.107. The second-order valence-electron chi connectivity index (χ2n) is 3.00. The number of H-pyrrole nitrogens is 1. The number of imidazole rings is 1. The van der Waals surface area contributed by atoms with Crippen molar-refractivity contribution in [1.82, 2.24) is 15.3 Å². The number of carboxylic acid groups (broad SMARTS) is 1. The van der Waals surface area contributed by atoms with E-state index in [1.165, 1.54) is 12.5 Å². The molecule has 0 spiro atoms. The number of aliphatic carboxylic acids is 1. The van der Waals surface area contributed by atoms with Gasteiger partial charge in [-0.15, -0.1) is 0 Å². The zero-order valence-electron chi connectivity index (χ0n) is 8.14. The number of nitrogens with zero attached hydrogens (tertiary/aromatic N) is 1. The molecule has 16 heavy (non-hydrogen) atoms. The lowest BCUT2D eigenvalue weighted by Crippen LogP contribution is -2.43. The van der Waals surface area contributed by atoms with Crippen molar-refractivity contribution in [3.8, 4) is 0 Å². The van der Waals surface area contributed by atoms with E-state index in [1.54, 1.807) is 0 Å². The molecule has 1 aromatic heterocycles. The number of carbonyl (C=O) groups excluding carboxylic acids is 2. The van der Waals surface area contributed by atoms with Crippen molar-refractivity contribution in [3.63, 3.8) is 0 Å². The third-order valence-corrected chi connectivity index (χ3v) is 1.75. The van der Waals surface area contributed by atoms with Crippen LogP contribution in [0, 0.1) is 0 Å². The maximum atomic E-state index is 11.4. The van der Waals surface area contributed by atoms with E-state index >= 15 is 0 Å². The fraction of sp³-hybridized carbons (Fsp3) is 0.250. The molecule has 86 valence electrons. The molecule has 8 nitrogen and oxygen atoms in total. The van der Waals surface area contributed by atoms with Crippen LogP contribution >= 0.6 is 0 Å². The van der Waals surface area contributed by atoms with Gasteiger partial charge in [-0.25, -0.2) is 9.78 Å². The van der Waals surface area contributed by atoms with Gasteiger partial charge in [0.2, 0.25) is 5.91 Å². The molecule has 5 N–H and O–H groups in total. The quantitative estimate of drug-likeness (QED) is 0.482. The van der Waals surface area contributed by atoms with Gasteiger partial charge in [-0.05, 0) is 0 Å². The molecule has 0 aliphatic heterocycles. The minimum atomic E-state index is -1.34. The number of aromatic nitrogens is 2. The second kappa shape index (κ2) is 4.91. The van der Waals surface area contributed by atoms with Crippen molar-refractivity contribution >= 4 is 17.8 Å². The molecular formula is C8H10N4O4. The second-order valence-corrected chi connectivity index (χ2v) is 3.00. The lowest BCUT2D eigenvalue weighted by molar-refractivity contribution is -0.140. The first kappa shape index (κ1) is 11.7. The predicted octanol–water partition coefficient (Wildman–Crippen LogP) is -1.53. The van der Waals surface area contributed by atoms with Crippen molar-refractivity contribution in [2.45, 2.75) is 12.5 Å². The lowest BCUT2D eigenvalue weighted by atomic mass is 10.2. The molecule has 0 saturated carbocycles. The number of nitrogens with two attached hydrogens (primary N) is 1. The van der Waals surface area contributed by atoms with E-state index in [2.05, 4.69) is 15.3 Å². The Morgan fingerprint density at radius 2 is 2.25 bits per heavy atom. The summed E-state index contributed by atoms with van der Waals surface area (Å²) in [5.41, 5.74) is 4.96. The van der Waals surface area contributed by atoms with Crippen LogP contribution < -0.4 is 11.1 Å². The van der Waals surface area contributed by atoms with Gasteiger partial charge in [0.25, 0.3) is 5.91 Å². The fourth-order valence-electron chi connectivity index (χ4n) is 1.02.